The van der Waals surface area contributed by atoms with Gasteiger partial charge < -0.3 is 15.1 Å². The Bertz CT molecular complexity index is 444. The molecule has 1 aliphatic heterocycles. The van der Waals surface area contributed by atoms with E-state index in [-0.39, 0.29) is 0 Å². The van der Waals surface area contributed by atoms with Gasteiger partial charge in [-0.1, -0.05) is 36.8 Å². The number of hydrogen-bond donors (Lipinski definition) is 1. The number of likely N-dealkylation sites (tertiary alicyclic amines) is 1. The Labute approximate surface area is 130 Å². The fraction of sp³-hybridized carbons (Fsp3) is 0.667. The Morgan fingerprint density at radius 3 is 2.67 bits per heavy atom. The van der Waals surface area contributed by atoms with Gasteiger partial charge in [0.2, 0.25) is 0 Å². The predicted octanol–water partition coefficient (Wildman–Crippen LogP) is 2.53. The van der Waals surface area contributed by atoms with E-state index in [1.807, 2.05) is 0 Å². The van der Waals surface area contributed by atoms with Gasteiger partial charge in [0, 0.05) is 31.7 Å². The summed E-state index contributed by atoms with van der Waals surface area (Å²) in [6.45, 7) is 8.15. The van der Waals surface area contributed by atoms with Crippen molar-refractivity contribution in [3.8, 4) is 0 Å². The van der Waals surface area contributed by atoms with E-state index in [1.54, 1.807) is 0 Å². The van der Waals surface area contributed by atoms with Crippen LogP contribution in [-0.2, 0) is 0 Å². The lowest BCUT2D eigenvalue weighted by Crippen LogP contribution is -2.34. The topological polar surface area (TPSA) is 18.5 Å². The van der Waals surface area contributed by atoms with E-state index < -0.39 is 0 Å². The van der Waals surface area contributed by atoms with Crippen molar-refractivity contribution in [2.24, 2.45) is 5.92 Å². The SMILES string of the molecule is CNC(CCN1CC(C)C(N(C)C)C1)c1cccc(C)c1. The summed E-state index contributed by atoms with van der Waals surface area (Å²) in [7, 11) is 6.48. The first-order valence-electron chi connectivity index (χ1n) is 8.14. The molecule has 1 saturated heterocycles. The minimum atomic E-state index is 0.457. The van der Waals surface area contributed by atoms with Gasteiger partial charge in [-0.2, -0.15) is 0 Å². The zero-order valence-electron chi connectivity index (χ0n) is 14.3. The molecule has 1 fully saturated rings. The molecule has 0 spiro atoms. The first kappa shape index (κ1) is 16.5. The lowest BCUT2D eigenvalue weighted by atomic mass is 10.0. The average Bonchev–Trinajstić information content (AvgIpc) is 2.81. The molecule has 118 valence electrons. The highest BCUT2D eigenvalue weighted by Crippen LogP contribution is 2.23. The molecule has 3 atom stereocenters. The molecule has 2 rings (SSSR count). The molecule has 21 heavy (non-hydrogen) atoms. The Morgan fingerprint density at radius 1 is 1.33 bits per heavy atom. The highest BCUT2D eigenvalue weighted by atomic mass is 15.2. The molecule has 1 aliphatic rings. The number of likely N-dealkylation sites (N-methyl/N-ethyl adjacent to an activating group) is 1. The van der Waals surface area contributed by atoms with Gasteiger partial charge >= 0.3 is 0 Å². The Hall–Kier alpha value is -0.900. The van der Waals surface area contributed by atoms with E-state index in [0.717, 1.165) is 5.92 Å². The van der Waals surface area contributed by atoms with E-state index in [4.69, 9.17) is 0 Å². The molecular weight excluding hydrogens is 258 g/mol. The average molecular weight is 289 g/mol. The Kier molecular flexibility index (Phi) is 5.80. The molecule has 1 aromatic rings. The molecule has 0 bridgehead atoms. The van der Waals surface area contributed by atoms with E-state index in [0.29, 0.717) is 12.1 Å². The van der Waals surface area contributed by atoms with Gasteiger partial charge in [0.1, 0.15) is 0 Å². The standard InChI is InChI=1S/C18H31N3/c1-14-7-6-8-16(11-14)17(19-3)9-10-21-12-15(2)18(13-21)20(4)5/h6-8,11,15,17-19H,9-10,12-13H2,1-5H3. The molecule has 3 heteroatoms. The van der Waals surface area contributed by atoms with Crippen molar-refractivity contribution in [2.75, 3.05) is 40.8 Å². The molecule has 0 saturated carbocycles. The van der Waals surface area contributed by atoms with Gasteiger partial charge in [0.05, 0.1) is 0 Å². The van der Waals surface area contributed by atoms with Crippen LogP contribution >= 0.6 is 0 Å². The van der Waals surface area contributed by atoms with E-state index >= 15 is 0 Å². The van der Waals surface area contributed by atoms with Crippen molar-refractivity contribution in [3.05, 3.63) is 35.4 Å². The van der Waals surface area contributed by atoms with Crippen LogP contribution < -0.4 is 5.32 Å². The molecule has 3 unspecified atom stereocenters. The maximum absolute atomic E-state index is 3.48. The van der Waals surface area contributed by atoms with E-state index in [9.17, 15) is 0 Å². The third-order valence-corrected chi connectivity index (χ3v) is 4.84. The summed E-state index contributed by atoms with van der Waals surface area (Å²) in [5.74, 6) is 0.770. The monoisotopic (exact) mass is 289 g/mol. The number of nitrogens with zero attached hydrogens (tertiary/aromatic N) is 2. The fourth-order valence-corrected chi connectivity index (χ4v) is 3.58. The lowest BCUT2D eigenvalue weighted by molar-refractivity contribution is 0.248. The van der Waals surface area contributed by atoms with Crippen LogP contribution in [0.25, 0.3) is 0 Å². The van der Waals surface area contributed by atoms with Gasteiger partial charge in [0.15, 0.2) is 0 Å². The van der Waals surface area contributed by atoms with Crippen LogP contribution in [0.3, 0.4) is 0 Å². The summed E-state index contributed by atoms with van der Waals surface area (Å²) in [5.41, 5.74) is 2.75. The molecular formula is C18H31N3. The zero-order valence-corrected chi connectivity index (χ0v) is 14.3. The van der Waals surface area contributed by atoms with Crippen LogP contribution in [0.5, 0.6) is 0 Å². The highest BCUT2D eigenvalue weighted by molar-refractivity contribution is 5.25. The molecule has 1 heterocycles. The maximum atomic E-state index is 3.48. The van der Waals surface area contributed by atoms with Crippen LogP contribution in [0, 0.1) is 12.8 Å². The minimum Gasteiger partial charge on any atom is -0.313 e. The molecule has 1 N–H and O–H groups in total. The number of hydrogen-bond acceptors (Lipinski definition) is 3. The minimum absolute atomic E-state index is 0.457. The largest absolute Gasteiger partial charge is 0.313 e. The van der Waals surface area contributed by atoms with Crippen molar-refractivity contribution < 1.29 is 0 Å². The Morgan fingerprint density at radius 2 is 2.10 bits per heavy atom. The Balaban J connectivity index is 1.90. The second kappa shape index (κ2) is 7.39. The summed E-state index contributed by atoms with van der Waals surface area (Å²) in [4.78, 5) is 5.00. The van der Waals surface area contributed by atoms with Crippen molar-refractivity contribution in [3.63, 3.8) is 0 Å². The summed E-state index contributed by atoms with van der Waals surface area (Å²) < 4.78 is 0. The molecule has 1 aromatic carbocycles. The third-order valence-electron chi connectivity index (χ3n) is 4.84. The quantitative estimate of drug-likeness (QED) is 0.868. The number of aryl methyl sites for hydroxylation is 1. The van der Waals surface area contributed by atoms with Crippen LogP contribution in [0.2, 0.25) is 0 Å². The second-order valence-electron chi connectivity index (χ2n) is 6.81. The molecule has 3 nitrogen and oxygen atoms in total. The first-order valence-corrected chi connectivity index (χ1v) is 8.14. The number of benzene rings is 1. The second-order valence-corrected chi connectivity index (χ2v) is 6.81. The first-order chi connectivity index (χ1) is 10.0. The van der Waals surface area contributed by atoms with Gasteiger partial charge in [-0.05, 0) is 46.0 Å². The van der Waals surface area contributed by atoms with E-state index in [2.05, 4.69) is 74.4 Å². The predicted molar refractivity (Wildman–Crippen MR) is 90.7 cm³/mol. The summed E-state index contributed by atoms with van der Waals surface area (Å²) in [5, 5.41) is 3.48. The van der Waals surface area contributed by atoms with Crippen molar-refractivity contribution in [1.82, 2.24) is 15.1 Å². The van der Waals surface area contributed by atoms with Gasteiger partial charge in [-0.15, -0.1) is 0 Å². The van der Waals surface area contributed by atoms with Crippen LogP contribution in [0.15, 0.2) is 24.3 Å². The molecule has 0 radical (unpaired) electrons. The van der Waals surface area contributed by atoms with Crippen molar-refractivity contribution in [1.29, 1.82) is 0 Å². The number of nitrogens with one attached hydrogen (secondary N) is 1. The molecule has 0 aliphatic carbocycles. The lowest BCUT2D eigenvalue weighted by Gasteiger charge is -2.23. The van der Waals surface area contributed by atoms with Crippen LogP contribution in [-0.4, -0.2) is 56.6 Å². The summed E-state index contributed by atoms with van der Waals surface area (Å²) in [6, 6.07) is 10.0. The number of rotatable bonds is 6. The highest BCUT2D eigenvalue weighted by Gasteiger charge is 2.30. The van der Waals surface area contributed by atoms with Crippen molar-refractivity contribution >= 4 is 0 Å². The molecule has 0 aromatic heterocycles. The van der Waals surface area contributed by atoms with Gasteiger partial charge in [-0.25, -0.2) is 0 Å². The van der Waals surface area contributed by atoms with Crippen LogP contribution in [0.4, 0.5) is 0 Å². The normalized spacial score (nSPS) is 24.7. The van der Waals surface area contributed by atoms with Crippen LogP contribution in [0.1, 0.15) is 30.5 Å². The van der Waals surface area contributed by atoms with Gasteiger partial charge in [0.25, 0.3) is 0 Å². The van der Waals surface area contributed by atoms with Crippen molar-refractivity contribution in [2.45, 2.75) is 32.4 Å². The fourth-order valence-electron chi connectivity index (χ4n) is 3.58. The maximum Gasteiger partial charge on any atom is 0.0329 e. The summed E-state index contributed by atoms with van der Waals surface area (Å²) in [6.07, 6.45) is 1.17. The third kappa shape index (κ3) is 4.29. The van der Waals surface area contributed by atoms with Gasteiger partial charge in [-0.3, -0.25) is 0 Å². The van der Waals surface area contributed by atoms with E-state index in [1.165, 1.54) is 37.2 Å². The zero-order chi connectivity index (χ0) is 15.4. The summed E-state index contributed by atoms with van der Waals surface area (Å²) >= 11 is 0. The smallest absolute Gasteiger partial charge is 0.0329 e. The molecule has 0 amide bonds.